The van der Waals surface area contributed by atoms with Gasteiger partial charge in [0.25, 0.3) is 5.91 Å². The van der Waals surface area contributed by atoms with Crippen molar-refractivity contribution >= 4 is 40.7 Å². The molecule has 4 heterocycles. The summed E-state index contributed by atoms with van der Waals surface area (Å²) < 4.78 is 19.3. The number of nitrogens with one attached hydrogen (secondary N) is 3. The van der Waals surface area contributed by atoms with Gasteiger partial charge in [-0.25, -0.2) is 9.97 Å². The van der Waals surface area contributed by atoms with E-state index in [-0.39, 0.29) is 101 Å². The zero-order chi connectivity index (χ0) is 52.5. The average molecular weight is 1030 g/mol. The molecular formula is C56H69N7O10S. The van der Waals surface area contributed by atoms with Crippen molar-refractivity contribution in [3.8, 4) is 27.4 Å². The first-order valence-corrected chi connectivity index (χ1v) is 26.5. The molecule has 2 aromatic heterocycles. The van der Waals surface area contributed by atoms with Crippen molar-refractivity contribution in [1.82, 2.24) is 35.4 Å². The average Bonchev–Trinajstić information content (AvgIpc) is 4.24. The lowest BCUT2D eigenvalue weighted by Crippen LogP contribution is -2.50. The molecule has 0 spiro atoms. The van der Waals surface area contributed by atoms with Gasteiger partial charge in [-0.2, -0.15) is 0 Å². The summed E-state index contributed by atoms with van der Waals surface area (Å²) in [5, 5.41) is 29.7. The van der Waals surface area contributed by atoms with Crippen molar-refractivity contribution in [3.05, 3.63) is 111 Å². The lowest BCUT2D eigenvalue weighted by molar-refractivity contribution is -0.147. The predicted octanol–water partition coefficient (Wildman–Crippen LogP) is 5.96. The number of aromatic nitrogens is 3. The fourth-order valence-electron chi connectivity index (χ4n) is 9.96. The molecule has 0 radical (unpaired) electrons. The van der Waals surface area contributed by atoms with Crippen LogP contribution in [0.2, 0.25) is 0 Å². The number of likely N-dealkylation sites (tertiary alicyclic amines) is 1. The number of fused-ring (bicyclic) bond motifs is 2. The number of aliphatic hydroxyl groups is 2. The molecule has 8 rings (SSSR count). The zero-order valence-corrected chi connectivity index (χ0v) is 43.9. The van der Waals surface area contributed by atoms with Gasteiger partial charge in [-0.05, 0) is 96.5 Å². The van der Waals surface area contributed by atoms with Crippen molar-refractivity contribution in [2.75, 3.05) is 46.1 Å². The number of hydrogen-bond donors (Lipinski definition) is 5. The standard InChI is InChI=1S/C56H69N7O10S/c1-34-41(30-64)22-40(53(68)61-46-16-15-37-13-14-39(23-44(37)46)47-29-62-18-6-8-50(62)60-47)24-49(34)73-19-7-17-57-51(67)32-72-21-20-71-31-43(66)25-45(56(3,4)5)55(70)63-28-42(65)26-48(63)54(69)58-27-36-9-11-38(12-10-36)52-35(2)59-33-74-52/h9-14,22-24,29,33,42,45-46,48,64-65H,6-8,15-21,25-28,30-32H2,1-5H3,(H,57,67)(H,58,69)(H,61,68)/t42-,45-,46-,48+/m1/s1. The highest BCUT2D eigenvalue weighted by molar-refractivity contribution is 7.13. The number of carbonyl (C=O) groups is 5. The molecule has 2 aliphatic heterocycles. The van der Waals surface area contributed by atoms with Crippen LogP contribution in [-0.2, 0) is 61.2 Å². The van der Waals surface area contributed by atoms with Crippen molar-refractivity contribution < 1.29 is 48.4 Å². The Hall–Kier alpha value is -6.31. The van der Waals surface area contributed by atoms with E-state index in [2.05, 4.69) is 49.9 Å². The summed E-state index contributed by atoms with van der Waals surface area (Å²) in [4.78, 5) is 78.5. The molecule has 1 aliphatic carbocycles. The van der Waals surface area contributed by atoms with Crippen molar-refractivity contribution in [2.24, 2.45) is 11.3 Å². The minimum Gasteiger partial charge on any atom is -0.493 e. The molecular weight excluding hydrogens is 963 g/mol. The maximum atomic E-state index is 14.0. The van der Waals surface area contributed by atoms with Crippen molar-refractivity contribution in [2.45, 2.75) is 117 Å². The largest absolute Gasteiger partial charge is 0.493 e. The molecule has 1 saturated heterocycles. The molecule has 5 N–H and O–H groups in total. The van der Waals surface area contributed by atoms with Crippen LogP contribution in [0.3, 0.4) is 0 Å². The number of benzene rings is 3. The summed E-state index contributed by atoms with van der Waals surface area (Å²) in [6.45, 7) is 10.5. The van der Waals surface area contributed by atoms with Crippen LogP contribution in [0.5, 0.6) is 5.75 Å². The minimum absolute atomic E-state index is 0.00844. The zero-order valence-electron chi connectivity index (χ0n) is 43.0. The smallest absolute Gasteiger partial charge is 0.251 e. The summed E-state index contributed by atoms with van der Waals surface area (Å²) in [6, 6.07) is 16.6. The van der Waals surface area contributed by atoms with Crippen LogP contribution in [0.4, 0.5) is 0 Å². The van der Waals surface area contributed by atoms with Gasteiger partial charge in [-0.1, -0.05) is 57.2 Å². The molecule has 18 heteroatoms. The highest BCUT2D eigenvalue weighted by atomic mass is 32.1. The van der Waals surface area contributed by atoms with E-state index >= 15 is 0 Å². The van der Waals surface area contributed by atoms with Gasteiger partial charge in [-0.3, -0.25) is 24.0 Å². The maximum Gasteiger partial charge on any atom is 0.251 e. The number of carbonyl (C=O) groups excluding carboxylic acids is 5. The summed E-state index contributed by atoms with van der Waals surface area (Å²) in [7, 11) is 0. The van der Waals surface area contributed by atoms with Gasteiger partial charge < -0.3 is 49.8 Å². The Bertz CT molecular complexity index is 2800. The minimum atomic E-state index is -0.879. The van der Waals surface area contributed by atoms with Gasteiger partial charge in [0.15, 0.2) is 5.78 Å². The molecule has 394 valence electrons. The van der Waals surface area contributed by atoms with Gasteiger partial charge in [0, 0.05) is 68.7 Å². The Kier molecular flexibility index (Phi) is 17.8. The Morgan fingerprint density at radius 1 is 0.932 bits per heavy atom. The summed E-state index contributed by atoms with van der Waals surface area (Å²) in [5.74, 6) is -0.809. The maximum absolute atomic E-state index is 14.0. The number of aliphatic hydroxyl groups excluding tert-OH is 2. The number of ketones is 1. The van der Waals surface area contributed by atoms with Crippen LogP contribution in [0.25, 0.3) is 21.7 Å². The van der Waals surface area contributed by atoms with Crippen LogP contribution in [0.15, 0.2) is 66.3 Å². The summed E-state index contributed by atoms with van der Waals surface area (Å²) in [6.07, 6.45) is 5.45. The van der Waals surface area contributed by atoms with Crippen molar-refractivity contribution in [3.63, 3.8) is 0 Å². The number of Topliss-reactive ketones (excluding diaryl/α,β-unsaturated/α-hetero) is 1. The number of β-amino-alcohol motifs (C(OH)–C–C–N with tert-alkyl or cyclic N) is 1. The second-order valence-electron chi connectivity index (χ2n) is 20.6. The number of amides is 4. The normalized spacial score (nSPS) is 17.4. The first-order chi connectivity index (χ1) is 35.6. The van der Waals surface area contributed by atoms with Crippen LogP contribution in [0, 0.1) is 25.2 Å². The molecule has 0 bridgehead atoms. The molecule has 3 aliphatic rings. The number of nitrogens with zero attached hydrogens (tertiary/aromatic N) is 4. The first-order valence-electron chi connectivity index (χ1n) is 25.6. The lowest BCUT2D eigenvalue weighted by atomic mass is 9.77. The Balaban J connectivity index is 0.718. The molecule has 0 saturated carbocycles. The number of ether oxygens (including phenoxy) is 3. The van der Waals surface area contributed by atoms with Crippen LogP contribution in [0.1, 0.15) is 109 Å². The summed E-state index contributed by atoms with van der Waals surface area (Å²) >= 11 is 1.57. The number of thiazole rings is 1. The monoisotopic (exact) mass is 1030 g/mol. The van der Waals surface area contributed by atoms with Gasteiger partial charge in [0.05, 0.1) is 60.3 Å². The lowest BCUT2D eigenvalue weighted by Gasteiger charge is -2.34. The fraction of sp³-hybridized carbons (Fsp3) is 0.482. The highest BCUT2D eigenvalue weighted by Crippen LogP contribution is 2.37. The third-order valence-electron chi connectivity index (χ3n) is 14.2. The van der Waals surface area contributed by atoms with E-state index in [1.54, 1.807) is 23.5 Å². The molecule has 17 nitrogen and oxygen atoms in total. The van der Waals surface area contributed by atoms with Crippen LogP contribution >= 0.6 is 11.3 Å². The van der Waals surface area contributed by atoms with E-state index in [1.807, 2.05) is 64.4 Å². The molecule has 5 aromatic rings. The second-order valence-corrected chi connectivity index (χ2v) is 21.5. The second kappa shape index (κ2) is 24.4. The molecule has 0 unspecified atom stereocenters. The predicted molar refractivity (Wildman–Crippen MR) is 279 cm³/mol. The van der Waals surface area contributed by atoms with Crippen LogP contribution < -0.4 is 20.7 Å². The number of hydrogen-bond acceptors (Lipinski definition) is 13. The Morgan fingerprint density at radius 3 is 2.43 bits per heavy atom. The van der Waals surface area contributed by atoms with E-state index in [1.165, 1.54) is 10.5 Å². The quantitative estimate of drug-likeness (QED) is 0.0478. The van der Waals surface area contributed by atoms with Crippen LogP contribution in [-0.4, -0.2) is 117 Å². The molecule has 74 heavy (non-hydrogen) atoms. The van der Waals surface area contributed by atoms with Crippen molar-refractivity contribution in [1.29, 1.82) is 0 Å². The third-order valence-corrected chi connectivity index (χ3v) is 15.2. The topological polar surface area (TPSA) is 224 Å². The van der Waals surface area contributed by atoms with E-state index < -0.39 is 23.5 Å². The van der Waals surface area contributed by atoms with Gasteiger partial charge in [-0.15, -0.1) is 11.3 Å². The van der Waals surface area contributed by atoms with E-state index in [0.29, 0.717) is 29.8 Å². The number of rotatable bonds is 23. The van der Waals surface area contributed by atoms with E-state index in [9.17, 15) is 34.2 Å². The summed E-state index contributed by atoms with van der Waals surface area (Å²) in [5.41, 5.74) is 10.1. The Morgan fingerprint density at radius 2 is 1.70 bits per heavy atom. The molecule has 4 amide bonds. The third kappa shape index (κ3) is 13.3. The fourth-order valence-corrected chi connectivity index (χ4v) is 10.8. The number of imidazole rings is 1. The van der Waals surface area contributed by atoms with Gasteiger partial charge in [0.2, 0.25) is 17.7 Å². The Labute approximate surface area is 436 Å². The highest BCUT2D eigenvalue weighted by Gasteiger charge is 2.44. The van der Waals surface area contributed by atoms with E-state index in [4.69, 9.17) is 19.2 Å². The number of aryl methyl sites for hydroxylation is 4. The first kappa shape index (κ1) is 54.0. The van der Waals surface area contributed by atoms with E-state index in [0.717, 1.165) is 82.1 Å². The molecule has 1 fully saturated rings. The SMILES string of the molecule is Cc1ncsc1-c1ccc(CNC(=O)[C@@H]2C[C@@H](O)CN2C(=O)[C@@H](CC(=O)COCCOCC(=O)NCCCOc2cc(C(=O)N[C@@H]3CCc4ccc(-c5cn6c(n5)CCC6)cc43)cc(CO)c2C)C(C)(C)C)cc1. The van der Waals surface area contributed by atoms with Gasteiger partial charge >= 0.3 is 0 Å². The van der Waals surface area contributed by atoms with Gasteiger partial charge in [0.1, 0.15) is 30.8 Å². The molecule has 4 atom stereocenters. The molecule has 3 aromatic carbocycles.